The summed E-state index contributed by atoms with van der Waals surface area (Å²) in [5, 5.41) is 6.24. The molecule has 0 spiro atoms. The van der Waals surface area contributed by atoms with E-state index >= 15 is 0 Å². The van der Waals surface area contributed by atoms with Crippen molar-refractivity contribution in [3.63, 3.8) is 0 Å². The topological polar surface area (TPSA) is 90.1 Å². The zero-order valence-electron chi connectivity index (χ0n) is 11.5. The molecule has 2 aromatic rings. The second-order valence-electron chi connectivity index (χ2n) is 4.88. The molecule has 0 radical (unpaired) electrons. The quantitative estimate of drug-likeness (QED) is 0.911. The van der Waals surface area contributed by atoms with E-state index in [4.69, 9.17) is 9.26 Å². The van der Waals surface area contributed by atoms with E-state index in [1.165, 1.54) is 12.3 Å². The number of amides is 1. The lowest BCUT2D eigenvalue weighted by molar-refractivity contribution is 0.0779. The molecule has 0 saturated carbocycles. The number of carbonyl (C=O) groups is 1. The van der Waals surface area contributed by atoms with Gasteiger partial charge in [0.1, 0.15) is 5.82 Å². The molecule has 1 aliphatic rings. The van der Waals surface area contributed by atoms with Crippen LogP contribution in [0.3, 0.4) is 0 Å². The van der Waals surface area contributed by atoms with Gasteiger partial charge in [0.25, 0.3) is 5.91 Å². The van der Waals surface area contributed by atoms with Crippen molar-refractivity contribution >= 4 is 5.91 Å². The minimum absolute atomic E-state index is 0.185. The summed E-state index contributed by atoms with van der Waals surface area (Å²) in [7, 11) is 0. The van der Waals surface area contributed by atoms with Gasteiger partial charge < -0.3 is 14.6 Å². The molecule has 0 aliphatic carbocycles. The smallest absolute Gasteiger partial charge is 0.290 e. The molecule has 1 fully saturated rings. The zero-order valence-corrected chi connectivity index (χ0v) is 11.5. The summed E-state index contributed by atoms with van der Waals surface area (Å²) >= 11 is 0. The van der Waals surface area contributed by atoms with Crippen molar-refractivity contribution in [2.45, 2.75) is 25.3 Å². The third-order valence-electron chi connectivity index (χ3n) is 3.35. The van der Waals surface area contributed by atoms with Crippen molar-refractivity contribution < 1.29 is 14.1 Å². The largest absolute Gasteiger partial charge is 0.381 e. The second-order valence-corrected chi connectivity index (χ2v) is 4.88. The summed E-state index contributed by atoms with van der Waals surface area (Å²) < 4.78 is 10.2. The van der Waals surface area contributed by atoms with Gasteiger partial charge in [0.05, 0.1) is 25.0 Å². The fraction of sp³-hybridized carbons (Fsp3) is 0.429. The van der Waals surface area contributed by atoms with Crippen LogP contribution in [-0.4, -0.2) is 34.2 Å². The Balaban J connectivity index is 1.62. The number of hydrogen-bond acceptors (Lipinski definition) is 6. The molecule has 1 aliphatic heterocycles. The second kappa shape index (κ2) is 6.45. The number of hydrogen-bond donors (Lipinski definition) is 1. The number of ether oxygens (including phenoxy) is 1. The molecule has 1 N–H and O–H groups in total. The molecule has 0 aromatic carbocycles. The molecular formula is C14H16N4O3. The Labute approximate surface area is 121 Å². The molecular weight excluding hydrogens is 272 g/mol. The Morgan fingerprint density at radius 1 is 1.38 bits per heavy atom. The van der Waals surface area contributed by atoms with Crippen molar-refractivity contribution in [1.29, 1.82) is 0 Å². The highest BCUT2D eigenvalue weighted by molar-refractivity contribution is 5.91. The van der Waals surface area contributed by atoms with Crippen molar-refractivity contribution in [2.24, 2.45) is 0 Å². The van der Waals surface area contributed by atoms with Crippen LogP contribution in [-0.2, 0) is 11.3 Å². The maximum absolute atomic E-state index is 11.8. The van der Waals surface area contributed by atoms with Crippen LogP contribution in [0.1, 0.15) is 40.8 Å². The molecule has 7 nitrogen and oxygen atoms in total. The summed E-state index contributed by atoms with van der Waals surface area (Å²) in [6, 6.07) is 3.30. The van der Waals surface area contributed by atoms with Gasteiger partial charge in [-0.05, 0) is 18.9 Å². The Hall–Kier alpha value is -2.28. The van der Waals surface area contributed by atoms with Gasteiger partial charge in [0, 0.05) is 24.8 Å². The fourth-order valence-electron chi connectivity index (χ4n) is 2.24. The molecule has 3 heterocycles. The van der Waals surface area contributed by atoms with Gasteiger partial charge in [0.2, 0.25) is 5.76 Å². The lowest BCUT2D eigenvalue weighted by Gasteiger charge is -2.20. The first-order valence-electron chi connectivity index (χ1n) is 6.91. The van der Waals surface area contributed by atoms with Gasteiger partial charge in [-0.15, -0.1) is 0 Å². The van der Waals surface area contributed by atoms with Gasteiger partial charge in [-0.1, -0.05) is 5.16 Å². The SMILES string of the molecule is O=C(NCc1ccnc([C@@H]2CCCOC2)n1)c1ccno1. The van der Waals surface area contributed by atoms with Crippen molar-refractivity contribution in [3.05, 3.63) is 41.8 Å². The van der Waals surface area contributed by atoms with Crippen LogP contribution in [0.15, 0.2) is 29.0 Å². The Morgan fingerprint density at radius 2 is 2.33 bits per heavy atom. The predicted octanol–water partition coefficient (Wildman–Crippen LogP) is 1.29. The monoisotopic (exact) mass is 288 g/mol. The minimum Gasteiger partial charge on any atom is -0.381 e. The average Bonchev–Trinajstić information content (AvgIpc) is 3.08. The van der Waals surface area contributed by atoms with E-state index < -0.39 is 0 Å². The molecule has 1 saturated heterocycles. The van der Waals surface area contributed by atoms with Gasteiger partial charge in [0.15, 0.2) is 0 Å². The first-order chi connectivity index (χ1) is 10.3. The van der Waals surface area contributed by atoms with Crippen LogP contribution in [0.25, 0.3) is 0 Å². The predicted molar refractivity (Wildman–Crippen MR) is 72.5 cm³/mol. The third kappa shape index (κ3) is 3.43. The van der Waals surface area contributed by atoms with E-state index in [0.29, 0.717) is 13.2 Å². The van der Waals surface area contributed by atoms with Gasteiger partial charge in [-0.3, -0.25) is 4.79 Å². The van der Waals surface area contributed by atoms with Gasteiger partial charge in [-0.2, -0.15) is 0 Å². The van der Waals surface area contributed by atoms with E-state index in [9.17, 15) is 4.79 Å². The Bertz CT molecular complexity index is 594. The van der Waals surface area contributed by atoms with E-state index in [0.717, 1.165) is 31.0 Å². The summed E-state index contributed by atoms with van der Waals surface area (Å²) in [6.07, 6.45) is 5.21. The van der Waals surface area contributed by atoms with Crippen LogP contribution in [0.2, 0.25) is 0 Å². The van der Waals surface area contributed by atoms with Crippen LogP contribution in [0.5, 0.6) is 0 Å². The number of nitrogens with zero attached hydrogens (tertiary/aromatic N) is 3. The van der Waals surface area contributed by atoms with Crippen LogP contribution < -0.4 is 5.32 Å². The Morgan fingerprint density at radius 3 is 3.10 bits per heavy atom. The highest BCUT2D eigenvalue weighted by Gasteiger charge is 2.19. The van der Waals surface area contributed by atoms with Crippen LogP contribution in [0.4, 0.5) is 0 Å². The highest BCUT2D eigenvalue weighted by Crippen LogP contribution is 2.22. The summed E-state index contributed by atoms with van der Waals surface area (Å²) in [5.41, 5.74) is 0.762. The number of aromatic nitrogens is 3. The molecule has 7 heteroatoms. The molecule has 110 valence electrons. The fourth-order valence-corrected chi connectivity index (χ4v) is 2.24. The van der Waals surface area contributed by atoms with Gasteiger partial charge in [-0.25, -0.2) is 9.97 Å². The molecule has 3 rings (SSSR count). The van der Waals surface area contributed by atoms with Crippen molar-refractivity contribution in [1.82, 2.24) is 20.4 Å². The molecule has 2 aromatic heterocycles. The summed E-state index contributed by atoms with van der Waals surface area (Å²) in [4.78, 5) is 20.6. The number of nitrogens with one attached hydrogen (secondary N) is 1. The minimum atomic E-state index is -0.311. The zero-order chi connectivity index (χ0) is 14.5. The molecule has 1 atom stereocenters. The highest BCUT2D eigenvalue weighted by atomic mass is 16.5. The first-order valence-corrected chi connectivity index (χ1v) is 6.91. The maximum atomic E-state index is 11.8. The summed E-state index contributed by atoms with van der Waals surface area (Å²) in [6.45, 7) is 1.79. The van der Waals surface area contributed by atoms with Crippen molar-refractivity contribution in [3.8, 4) is 0 Å². The molecule has 0 bridgehead atoms. The Kier molecular flexibility index (Phi) is 4.20. The van der Waals surface area contributed by atoms with Crippen LogP contribution in [0, 0.1) is 0 Å². The molecule has 1 amide bonds. The summed E-state index contributed by atoms with van der Waals surface area (Å²) in [5.74, 6) is 0.892. The third-order valence-corrected chi connectivity index (χ3v) is 3.35. The van der Waals surface area contributed by atoms with Crippen LogP contribution >= 0.6 is 0 Å². The van der Waals surface area contributed by atoms with E-state index in [2.05, 4.69) is 20.4 Å². The molecule has 21 heavy (non-hydrogen) atoms. The average molecular weight is 288 g/mol. The first kappa shape index (κ1) is 13.7. The molecule has 0 unspecified atom stereocenters. The van der Waals surface area contributed by atoms with E-state index in [-0.39, 0.29) is 17.6 Å². The number of rotatable bonds is 4. The van der Waals surface area contributed by atoms with Crippen molar-refractivity contribution in [2.75, 3.05) is 13.2 Å². The lowest BCUT2D eigenvalue weighted by Crippen LogP contribution is -2.24. The normalized spacial score (nSPS) is 18.4. The standard InChI is InChI=1S/C14H16N4O3/c19-14(12-4-6-17-21-12)16-8-11-3-5-15-13(18-11)10-2-1-7-20-9-10/h3-6,10H,1-2,7-9H2,(H,16,19)/t10-/m1/s1. The van der Waals surface area contributed by atoms with E-state index in [1.807, 2.05) is 0 Å². The lowest BCUT2D eigenvalue weighted by atomic mass is 10.0. The van der Waals surface area contributed by atoms with E-state index in [1.54, 1.807) is 12.3 Å². The van der Waals surface area contributed by atoms with Gasteiger partial charge >= 0.3 is 0 Å². The maximum Gasteiger partial charge on any atom is 0.290 e. The number of carbonyl (C=O) groups excluding carboxylic acids is 1.